The van der Waals surface area contributed by atoms with Gasteiger partial charge in [0.1, 0.15) is 6.61 Å². The van der Waals surface area contributed by atoms with Crippen LogP contribution in [0.2, 0.25) is 0 Å². The number of nitriles is 1. The maximum atomic E-state index is 13.1. The number of carbonyl (C=O) groups excluding carboxylic acids is 2. The molecule has 1 fully saturated rings. The Kier molecular flexibility index (Phi) is 8.01. The smallest absolute Gasteiger partial charge is 0.293 e. The van der Waals surface area contributed by atoms with Gasteiger partial charge in [0.2, 0.25) is 0 Å². The number of thioether (sulfide) groups is 1. The van der Waals surface area contributed by atoms with Crippen LogP contribution >= 0.6 is 27.7 Å². The van der Waals surface area contributed by atoms with Crippen LogP contribution in [-0.4, -0.2) is 22.7 Å². The normalized spacial score (nSPS) is 14.2. The van der Waals surface area contributed by atoms with Crippen LogP contribution in [0.5, 0.6) is 11.5 Å². The van der Waals surface area contributed by atoms with E-state index >= 15 is 0 Å². The van der Waals surface area contributed by atoms with Crippen molar-refractivity contribution in [3.05, 3.63) is 110 Å². The van der Waals surface area contributed by atoms with Gasteiger partial charge in [-0.15, -0.1) is 0 Å². The van der Waals surface area contributed by atoms with Gasteiger partial charge < -0.3 is 9.47 Å². The molecule has 1 saturated heterocycles. The number of benzene rings is 4. The third-order valence-electron chi connectivity index (χ3n) is 6.25. The van der Waals surface area contributed by atoms with E-state index in [1.54, 1.807) is 36.4 Å². The van der Waals surface area contributed by atoms with Crippen LogP contribution < -0.4 is 9.47 Å². The predicted molar refractivity (Wildman–Crippen MR) is 156 cm³/mol. The molecule has 0 unspecified atom stereocenters. The van der Waals surface area contributed by atoms with Crippen molar-refractivity contribution < 1.29 is 19.1 Å². The maximum absolute atomic E-state index is 13.1. The molecule has 6 nitrogen and oxygen atoms in total. The van der Waals surface area contributed by atoms with Crippen molar-refractivity contribution in [3.8, 4) is 17.6 Å². The van der Waals surface area contributed by atoms with Crippen LogP contribution in [0.25, 0.3) is 16.8 Å². The van der Waals surface area contributed by atoms with Crippen molar-refractivity contribution >= 4 is 55.7 Å². The largest absolute Gasteiger partial charge is 0.490 e. The Morgan fingerprint density at radius 3 is 2.49 bits per heavy atom. The SMILES string of the molecule is CCOc1cc(/C=C2/SC(=O)N(Cc3ccccc3C#N)C2=O)c(Br)cc1OCc1cccc2ccccc12. The number of halogens is 1. The van der Waals surface area contributed by atoms with E-state index in [0.717, 1.165) is 33.0 Å². The minimum Gasteiger partial charge on any atom is -0.490 e. The summed E-state index contributed by atoms with van der Waals surface area (Å²) in [5.41, 5.74) is 2.79. The molecule has 0 aromatic heterocycles. The molecule has 2 amide bonds. The molecule has 0 spiro atoms. The van der Waals surface area contributed by atoms with E-state index in [1.165, 1.54) is 0 Å². The van der Waals surface area contributed by atoms with E-state index in [1.807, 2.05) is 37.3 Å². The summed E-state index contributed by atoms with van der Waals surface area (Å²) in [6, 6.07) is 26.9. The summed E-state index contributed by atoms with van der Waals surface area (Å²) in [4.78, 5) is 27.3. The lowest BCUT2D eigenvalue weighted by molar-refractivity contribution is -0.123. The molecule has 4 aromatic carbocycles. The Morgan fingerprint density at radius 1 is 0.949 bits per heavy atom. The van der Waals surface area contributed by atoms with Gasteiger partial charge in [-0.3, -0.25) is 14.5 Å². The van der Waals surface area contributed by atoms with Gasteiger partial charge >= 0.3 is 0 Å². The fraction of sp³-hybridized carbons (Fsp3) is 0.129. The third kappa shape index (κ3) is 5.70. The van der Waals surface area contributed by atoms with E-state index in [2.05, 4.69) is 40.2 Å². The molecule has 0 saturated carbocycles. The molecule has 0 aliphatic carbocycles. The lowest BCUT2D eigenvalue weighted by atomic mass is 10.1. The molecule has 194 valence electrons. The van der Waals surface area contributed by atoms with Crippen molar-refractivity contribution in [2.24, 2.45) is 0 Å². The van der Waals surface area contributed by atoms with E-state index in [9.17, 15) is 14.9 Å². The monoisotopic (exact) mass is 598 g/mol. The molecule has 8 heteroatoms. The summed E-state index contributed by atoms with van der Waals surface area (Å²) >= 11 is 4.47. The first-order valence-corrected chi connectivity index (χ1v) is 13.9. The first kappa shape index (κ1) is 26.5. The van der Waals surface area contributed by atoms with Crippen molar-refractivity contribution in [2.75, 3.05) is 6.61 Å². The van der Waals surface area contributed by atoms with Crippen LogP contribution in [0.3, 0.4) is 0 Å². The molecule has 1 aliphatic rings. The number of amides is 2. The Morgan fingerprint density at radius 2 is 1.67 bits per heavy atom. The van der Waals surface area contributed by atoms with Crippen molar-refractivity contribution in [1.29, 1.82) is 5.26 Å². The van der Waals surface area contributed by atoms with Gasteiger partial charge in [-0.2, -0.15) is 5.26 Å². The molecule has 1 aliphatic heterocycles. The molecule has 0 radical (unpaired) electrons. The van der Waals surface area contributed by atoms with Crippen molar-refractivity contribution in [1.82, 2.24) is 4.90 Å². The van der Waals surface area contributed by atoms with Crippen LogP contribution in [0, 0.1) is 11.3 Å². The summed E-state index contributed by atoms with van der Waals surface area (Å²) in [7, 11) is 0. The zero-order chi connectivity index (χ0) is 27.4. The van der Waals surface area contributed by atoms with E-state index in [-0.39, 0.29) is 11.8 Å². The number of hydrogen-bond donors (Lipinski definition) is 0. The molecule has 0 atom stereocenters. The highest BCUT2D eigenvalue weighted by Crippen LogP contribution is 2.39. The summed E-state index contributed by atoms with van der Waals surface area (Å²) < 4.78 is 12.8. The predicted octanol–water partition coefficient (Wildman–Crippen LogP) is 7.69. The lowest BCUT2D eigenvalue weighted by Crippen LogP contribution is -2.27. The van der Waals surface area contributed by atoms with Gasteiger partial charge in [0, 0.05) is 4.47 Å². The Bertz CT molecular complexity index is 1660. The number of imide groups is 1. The van der Waals surface area contributed by atoms with Gasteiger partial charge in [0.05, 0.1) is 29.7 Å². The highest BCUT2D eigenvalue weighted by Gasteiger charge is 2.35. The van der Waals surface area contributed by atoms with Gasteiger partial charge in [-0.05, 0) is 70.4 Å². The third-order valence-corrected chi connectivity index (χ3v) is 7.85. The van der Waals surface area contributed by atoms with Crippen LogP contribution in [0.4, 0.5) is 4.79 Å². The zero-order valence-electron chi connectivity index (χ0n) is 21.0. The van der Waals surface area contributed by atoms with E-state index < -0.39 is 5.91 Å². The van der Waals surface area contributed by atoms with Gasteiger partial charge in [-0.25, -0.2) is 0 Å². The quantitative estimate of drug-likeness (QED) is 0.193. The number of carbonyl (C=O) groups is 2. The van der Waals surface area contributed by atoms with Crippen molar-refractivity contribution in [3.63, 3.8) is 0 Å². The fourth-order valence-corrected chi connectivity index (χ4v) is 5.60. The second kappa shape index (κ2) is 11.8. The summed E-state index contributed by atoms with van der Waals surface area (Å²) in [6.45, 7) is 2.72. The average molecular weight is 600 g/mol. The molecule has 0 bridgehead atoms. The molecular weight excluding hydrogens is 576 g/mol. The summed E-state index contributed by atoms with van der Waals surface area (Å²) in [5, 5.41) is 11.3. The van der Waals surface area contributed by atoms with Crippen molar-refractivity contribution in [2.45, 2.75) is 20.1 Å². The fourth-order valence-electron chi connectivity index (χ4n) is 4.33. The Labute approximate surface area is 239 Å². The maximum Gasteiger partial charge on any atom is 0.293 e. The number of hydrogen-bond acceptors (Lipinski definition) is 6. The number of nitrogens with zero attached hydrogens (tertiary/aromatic N) is 2. The minimum atomic E-state index is -0.404. The van der Waals surface area contributed by atoms with E-state index in [0.29, 0.717) is 50.8 Å². The number of rotatable bonds is 8. The minimum absolute atomic E-state index is 0.0397. The average Bonchev–Trinajstić information content (AvgIpc) is 3.21. The molecule has 39 heavy (non-hydrogen) atoms. The molecule has 0 N–H and O–H groups in total. The summed E-state index contributed by atoms with van der Waals surface area (Å²) in [5.74, 6) is 0.697. The first-order chi connectivity index (χ1) is 19.0. The Hall–Kier alpha value is -4.06. The second-order valence-corrected chi connectivity index (χ2v) is 10.6. The zero-order valence-corrected chi connectivity index (χ0v) is 23.4. The molecular formula is C31H23BrN2O4S. The summed E-state index contributed by atoms with van der Waals surface area (Å²) in [6.07, 6.45) is 1.67. The second-order valence-electron chi connectivity index (χ2n) is 8.72. The standard InChI is InChI=1S/C31H23BrN2O4S/c1-2-37-27-14-24(15-29-30(35)34(31(36)39-29)18-22-10-4-3-9-21(22)17-33)26(32)16-28(27)38-19-23-12-7-11-20-8-5-6-13-25(20)23/h3-16H,2,18-19H2,1H3/b29-15+. The highest BCUT2D eigenvalue weighted by molar-refractivity contribution is 9.10. The molecule has 1 heterocycles. The first-order valence-electron chi connectivity index (χ1n) is 12.3. The van der Waals surface area contributed by atoms with Crippen LogP contribution in [0.15, 0.2) is 88.2 Å². The van der Waals surface area contributed by atoms with Crippen LogP contribution in [0.1, 0.15) is 29.2 Å². The number of ether oxygens (including phenoxy) is 2. The topological polar surface area (TPSA) is 79.6 Å². The Balaban J connectivity index is 1.39. The number of fused-ring (bicyclic) bond motifs is 1. The molecule has 4 aromatic rings. The van der Waals surface area contributed by atoms with Gasteiger partial charge in [-0.1, -0.05) is 76.6 Å². The van der Waals surface area contributed by atoms with Crippen LogP contribution in [-0.2, 0) is 17.9 Å². The van der Waals surface area contributed by atoms with Gasteiger partial charge in [0.15, 0.2) is 11.5 Å². The highest BCUT2D eigenvalue weighted by atomic mass is 79.9. The molecule has 5 rings (SSSR count). The van der Waals surface area contributed by atoms with Gasteiger partial charge in [0.25, 0.3) is 11.1 Å². The van der Waals surface area contributed by atoms with E-state index in [4.69, 9.17) is 9.47 Å². The lowest BCUT2D eigenvalue weighted by Gasteiger charge is -2.15.